The third-order valence-electron chi connectivity index (χ3n) is 2.84. The van der Waals surface area contributed by atoms with Crippen LogP contribution in [0, 0.1) is 0 Å². The molecule has 1 amide bonds. The van der Waals surface area contributed by atoms with Gasteiger partial charge in [-0.05, 0) is 25.1 Å². The van der Waals surface area contributed by atoms with Crippen LogP contribution in [-0.4, -0.2) is 48.1 Å². The Bertz CT molecular complexity index is 443. The quantitative estimate of drug-likeness (QED) is 0.657. The second-order valence-electron chi connectivity index (χ2n) is 4.40. The van der Waals surface area contributed by atoms with E-state index in [1.54, 1.807) is 24.3 Å². The van der Waals surface area contributed by atoms with Crippen molar-refractivity contribution in [2.75, 3.05) is 30.7 Å². The molecule has 4 N–H and O–H groups in total. The number of rotatable bonds is 7. The summed E-state index contributed by atoms with van der Waals surface area (Å²) in [6, 6.07) is 5.81. The monoisotopic (exact) mass is 287 g/mol. The van der Waals surface area contributed by atoms with E-state index in [0.29, 0.717) is 11.4 Å². The molecule has 1 unspecified atom stereocenters. The van der Waals surface area contributed by atoms with E-state index in [0.717, 1.165) is 0 Å². The average Bonchev–Trinajstić information content (AvgIpc) is 2.36. The summed E-state index contributed by atoms with van der Waals surface area (Å²) < 4.78 is 24.9. The highest BCUT2D eigenvalue weighted by Crippen LogP contribution is 2.13. The van der Waals surface area contributed by atoms with Crippen LogP contribution in [0.1, 0.15) is 6.92 Å². The molecule has 0 bridgehead atoms. The second-order valence-corrected chi connectivity index (χ2v) is 4.40. The number of hydrogen-bond acceptors (Lipinski definition) is 4. The molecule has 1 aromatic carbocycles. The van der Waals surface area contributed by atoms with Gasteiger partial charge in [0.1, 0.15) is 0 Å². The summed E-state index contributed by atoms with van der Waals surface area (Å²) >= 11 is 0. The van der Waals surface area contributed by atoms with E-state index in [1.807, 2.05) is 0 Å². The number of alkyl halides is 2. The number of hydrogen-bond donors (Lipinski definition) is 3. The fourth-order valence-electron chi connectivity index (χ4n) is 1.78. The number of carbonyl (C=O) groups excluding carboxylic acids is 1. The molecule has 0 aliphatic rings. The molecule has 0 saturated heterocycles. The Labute approximate surface area is 116 Å². The van der Waals surface area contributed by atoms with Crippen LogP contribution in [-0.2, 0) is 4.79 Å². The van der Waals surface area contributed by atoms with Gasteiger partial charge >= 0.3 is 0 Å². The Morgan fingerprint density at radius 2 is 2.20 bits per heavy atom. The molecule has 0 radical (unpaired) electrons. The van der Waals surface area contributed by atoms with Gasteiger partial charge < -0.3 is 16.2 Å². The van der Waals surface area contributed by atoms with Crippen molar-refractivity contribution in [2.45, 2.75) is 19.4 Å². The van der Waals surface area contributed by atoms with Crippen LogP contribution in [0.3, 0.4) is 0 Å². The first-order chi connectivity index (χ1) is 9.43. The number of anilines is 2. The summed E-state index contributed by atoms with van der Waals surface area (Å²) in [5, 5.41) is 11.5. The minimum absolute atomic E-state index is 0.00978. The van der Waals surface area contributed by atoms with Crippen LogP contribution in [0.25, 0.3) is 0 Å². The van der Waals surface area contributed by atoms with Gasteiger partial charge in [-0.1, -0.05) is 6.07 Å². The lowest BCUT2D eigenvalue weighted by Crippen LogP contribution is -2.45. The molecule has 112 valence electrons. The molecular formula is C13H19F2N3O2. The van der Waals surface area contributed by atoms with Crippen molar-refractivity contribution in [1.29, 1.82) is 0 Å². The van der Waals surface area contributed by atoms with Crippen molar-refractivity contribution >= 4 is 17.3 Å². The number of nitrogens with zero attached hydrogens (tertiary/aromatic N) is 1. The highest BCUT2D eigenvalue weighted by molar-refractivity contribution is 5.94. The number of aliphatic hydroxyl groups is 1. The Balaban J connectivity index is 2.68. The molecule has 0 heterocycles. The third-order valence-corrected chi connectivity index (χ3v) is 2.84. The topological polar surface area (TPSA) is 78.6 Å². The number of nitrogens with one attached hydrogen (secondary N) is 1. The lowest BCUT2D eigenvalue weighted by Gasteiger charge is -2.27. The third kappa shape index (κ3) is 5.10. The Kier molecular flexibility index (Phi) is 6.33. The van der Waals surface area contributed by atoms with Crippen LogP contribution in [0.4, 0.5) is 20.2 Å². The minimum Gasteiger partial charge on any atom is -0.399 e. The normalized spacial score (nSPS) is 12.7. The first-order valence-corrected chi connectivity index (χ1v) is 6.23. The Morgan fingerprint density at radius 3 is 2.75 bits per heavy atom. The maximum absolute atomic E-state index is 12.4. The zero-order valence-corrected chi connectivity index (χ0v) is 11.2. The van der Waals surface area contributed by atoms with Crippen molar-refractivity contribution in [3.05, 3.63) is 24.3 Å². The molecular weight excluding hydrogens is 268 g/mol. The van der Waals surface area contributed by atoms with Gasteiger partial charge in [-0.3, -0.25) is 9.69 Å². The molecule has 0 spiro atoms. The number of amides is 1. The first kappa shape index (κ1) is 16.3. The van der Waals surface area contributed by atoms with Gasteiger partial charge in [0.25, 0.3) is 6.43 Å². The molecule has 0 aliphatic heterocycles. The van der Waals surface area contributed by atoms with Gasteiger partial charge in [-0.15, -0.1) is 0 Å². The maximum atomic E-state index is 12.4. The van der Waals surface area contributed by atoms with Gasteiger partial charge in [0.15, 0.2) is 0 Å². The van der Waals surface area contributed by atoms with Gasteiger partial charge in [0.2, 0.25) is 5.91 Å². The van der Waals surface area contributed by atoms with Gasteiger partial charge in [0.05, 0.1) is 19.2 Å². The highest BCUT2D eigenvalue weighted by atomic mass is 19.3. The molecule has 0 aromatic heterocycles. The van der Waals surface area contributed by atoms with Gasteiger partial charge in [0, 0.05) is 17.9 Å². The first-order valence-electron chi connectivity index (χ1n) is 6.23. The van der Waals surface area contributed by atoms with E-state index in [4.69, 9.17) is 10.8 Å². The average molecular weight is 287 g/mol. The molecule has 5 nitrogen and oxygen atoms in total. The summed E-state index contributed by atoms with van der Waals surface area (Å²) in [5.74, 6) is -0.426. The van der Waals surface area contributed by atoms with Crippen LogP contribution in [0.2, 0.25) is 0 Å². The summed E-state index contributed by atoms with van der Waals surface area (Å²) in [4.78, 5) is 13.2. The number of nitrogen functional groups attached to an aromatic ring is 1. The smallest absolute Gasteiger partial charge is 0.251 e. The lowest BCUT2D eigenvalue weighted by atomic mass is 10.2. The van der Waals surface area contributed by atoms with Crippen molar-refractivity contribution in [3.8, 4) is 0 Å². The maximum Gasteiger partial charge on any atom is 0.251 e. The predicted octanol–water partition coefficient (Wildman–Crippen LogP) is 1.16. The summed E-state index contributed by atoms with van der Waals surface area (Å²) in [7, 11) is 0. The van der Waals surface area contributed by atoms with Crippen molar-refractivity contribution in [1.82, 2.24) is 4.90 Å². The number of halogens is 2. The van der Waals surface area contributed by atoms with Crippen molar-refractivity contribution in [3.63, 3.8) is 0 Å². The largest absolute Gasteiger partial charge is 0.399 e. The standard InChI is InChI=1S/C13H19F2N3O2/c1-9(18(5-6-19)8-12(14)15)13(20)17-11-4-2-3-10(16)7-11/h2-4,7,9,12,19H,5-6,8,16H2,1H3,(H,17,20). The Hall–Kier alpha value is -1.73. The van der Waals surface area contributed by atoms with Crippen LogP contribution in [0.15, 0.2) is 24.3 Å². The van der Waals surface area contributed by atoms with Crippen LogP contribution in [0.5, 0.6) is 0 Å². The second kappa shape index (κ2) is 7.76. The molecule has 1 atom stereocenters. The predicted molar refractivity (Wildman–Crippen MR) is 73.6 cm³/mol. The van der Waals surface area contributed by atoms with Crippen molar-refractivity contribution in [2.24, 2.45) is 0 Å². The molecule has 0 fully saturated rings. The molecule has 0 saturated carbocycles. The van der Waals surface area contributed by atoms with Crippen molar-refractivity contribution < 1.29 is 18.7 Å². The van der Waals surface area contributed by atoms with E-state index >= 15 is 0 Å². The highest BCUT2D eigenvalue weighted by Gasteiger charge is 2.23. The van der Waals surface area contributed by atoms with Crippen LogP contribution < -0.4 is 11.1 Å². The van der Waals surface area contributed by atoms with Crippen LogP contribution >= 0.6 is 0 Å². The van der Waals surface area contributed by atoms with E-state index < -0.39 is 24.9 Å². The van der Waals surface area contributed by atoms with E-state index in [1.165, 1.54) is 11.8 Å². The molecule has 7 heteroatoms. The van der Waals surface area contributed by atoms with E-state index in [2.05, 4.69) is 5.32 Å². The minimum atomic E-state index is -2.57. The SMILES string of the molecule is CC(C(=O)Nc1cccc(N)c1)N(CCO)CC(F)F. The number of benzene rings is 1. The summed E-state index contributed by atoms with van der Waals surface area (Å²) in [6.45, 7) is 0.671. The Morgan fingerprint density at radius 1 is 1.50 bits per heavy atom. The number of nitrogens with two attached hydrogens (primary N) is 1. The molecule has 0 aliphatic carbocycles. The molecule has 20 heavy (non-hydrogen) atoms. The van der Waals surface area contributed by atoms with E-state index in [-0.39, 0.29) is 13.2 Å². The number of aliphatic hydroxyl groups excluding tert-OH is 1. The van der Waals surface area contributed by atoms with Gasteiger partial charge in [-0.25, -0.2) is 8.78 Å². The van der Waals surface area contributed by atoms with E-state index in [9.17, 15) is 13.6 Å². The molecule has 1 rings (SSSR count). The fraction of sp³-hybridized carbons (Fsp3) is 0.462. The zero-order chi connectivity index (χ0) is 15.1. The summed E-state index contributed by atoms with van der Waals surface area (Å²) in [5.41, 5.74) is 6.59. The lowest BCUT2D eigenvalue weighted by molar-refractivity contribution is -0.121. The zero-order valence-electron chi connectivity index (χ0n) is 11.2. The number of carbonyl (C=O) groups is 1. The molecule has 1 aromatic rings. The fourth-order valence-corrected chi connectivity index (χ4v) is 1.78. The summed E-state index contributed by atoms with van der Waals surface area (Å²) in [6.07, 6.45) is -2.57. The van der Waals surface area contributed by atoms with Gasteiger partial charge in [-0.2, -0.15) is 0 Å².